The van der Waals surface area contributed by atoms with Crippen molar-refractivity contribution in [2.24, 2.45) is 0 Å². The highest BCUT2D eigenvalue weighted by atomic mass is 16.6. The Morgan fingerprint density at radius 1 is 0.560 bits per heavy atom. The molecule has 1 unspecified atom stereocenters. The minimum atomic E-state index is -0.525. The third-order valence-corrected chi connectivity index (χ3v) is 8.10. The van der Waals surface area contributed by atoms with Crippen molar-refractivity contribution in [3.05, 3.63) is 103 Å². The van der Waals surface area contributed by atoms with Crippen LogP contribution in [-0.2, 0) is 19.1 Å². The number of esters is 2. The lowest BCUT2D eigenvalue weighted by atomic mass is 10.1. The average molecular weight is 688 g/mol. The first-order valence-corrected chi connectivity index (χ1v) is 19.7. The van der Waals surface area contributed by atoms with E-state index in [1.54, 1.807) is 0 Å². The zero-order chi connectivity index (χ0) is 36.0. The molecule has 1 aromatic rings. The van der Waals surface area contributed by atoms with Crippen LogP contribution in [0.5, 0.6) is 0 Å². The molecule has 1 atom stereocenters. The topological polar surface area (TPSA) is 64.6 Å². The van der Waals surface area contributed by atoms with E-state index in [2.05, 4.69) is 92.1 Å². The zero-order valence-corrected chi connectivity index (χ0v) is 31.6. The highest BCUT2D eigenvalue weighted by Crippen LogP contribution is 2.12. The molecule has 0 heterocycles. The van der Waals surface area contributed by atoms with Crippen LogP contribution in [0.3, 0.4) is 0 Å². The number of benzene rings is 1. The molecular weight excluding hydrogens is 618 g/mol. The van der Waals surface area contributed by atoms with Gasteiger partial charge in [-0.15, -0.1) is 0 Å². The maximum Gasteiger partial charge on any atom is 0.306 e. The molecule has 0 spiro atoms. The molecule has 0 radical (unpaired) electrons. The maximum atomic E-state index is 12.7. The molecule has 1 aromatic carbocycles. The van der Waals surface area contributed by atoms with Crippen molar-refractivity contribution in [3.8, 4) is 0 Å². The summed E-state index contributed by atoms with van der Waals surface area (Å²) in [7, 11) is 0. The Kier molecular flexibility index (Phi) is 31.3. The summed E-state index contributed by atoms with van der Waals surface area (Å²) in [6, 6.07) is 9.80. The first-order chi connectivity index (χ1) is 24.7. The van der Waals surface area contributed by atoms with E-state index in [1.807, 2.05) is 30.3 Å². The van der Waals surface area contributed by atoms with E-state index in [4.69, 9.17) is 9.47 Å². The monoisotopic (exact) mass is 688 g/mol. The van der Waals surface area contributed by atoms with Crippen LogP contribution in [0.25, 0.3) is 0 Å². The highest BCUT2D eigenvalue weighted by Gasteiger charge is 2.17. The average Bonchev–Trinajstić information content (AvgIpc) is 3.13. The Morgan fingerprint density at radius 2 is 1.00 bits per heavy atom. The van der Waals surface area contributed by atoms with Gasteiger partial charge in [-0.1, -0.05) is 143 Å². The van der Waals surface area contributed by atoms with Crippen LogP contribution in [0.1, 0.15) is 142 Å². The molecule has 0 aliphatic rings. The normalized spacial score (nSPS) is 12.8. The summed E-state index contributed by atoms with van der Waals surface area (Å²) in [5.41, 5.74) is 0.939. The number of carbonyl (C=O) groups is 2. The van der Waals surface area contributed by atoms with E-state index < -0.39 is 6.10 Å². The number of anilines is 1. The summed E-state index contributed by atoms with van der Waals surface area (Å²) in [6.45, 7) is 4.77. The molecular formula is C45H69NO4. The van der Waals surface area contributed by atoms with Crippen molar-refractivity contribution in [1.82, 2.24) is 0 Å². The first kappa shape index (κ1) is 44.4. The van der Waals surface area contributed by atoms with Gasteiger partial charge >= 0.3 is 11.9 Å². The molecule has 0 aliphatic heterocycles. The second-order valence-corrected chi connectivity index (χ2v) is 12.7. The van der Waals surface area contributed by atoms with Crippen LogP contribution in [0.4, 0.5) is 5.69 Å². The van der Waals surface area contributed by atoms with Crippen molar-refractivity contribution in [2.45, 2.75) is 148 Å². The van der Waals surface area contributed by atoms with Gasteiger partial charge in [-0.2, -0.15) is 0 Å². The fraction of sp³-hybridized carbons (Fsp3) is 0.556. The van der Waals surface area contributed by atoms with Gasteiger partial charge in [0.25, 0.3) is 0 Å². The second-order valence-electron chi connectivity index (χ2n) is 12.7. The predicted octanol–water partition coefficient (Wildman–Crippen LogP) is 12.7. The number of carbonyl (C=O) groups excluding carboxylic acids is 2. The Morgan fingerprint density at radius 3 is 1.52 bits per heavy atom. The van der Waals surface area contributed by atoms with E-state index >= 15 is 0 Å². The molecule has 0 amide bonds. The molecule has 0 aliphatic carbocycles. The minimum Gasteiger partial charge on any atom is -0.462 e. The number of allylic oxidation sites excluding steroid dienone is 12. The molecule has 50 heavy (non-hydrogen) atoms. The summed E-state index contributed by atoms with van der Waals surface area (Å²) >= 11 is 0. The molecule has 0 fully saturated rings. The molecule has 0 bridgehead atoms. The summed E-state index contributed by atoms with van der Waals surface area (Å²) in [5, 5.41) is 3.30. The number of unbranched alkanes of at least 4 members (excludes halogenated alkanes) is 10. The second kappa shape index (κ2) is 35.2. The van der Waals surface area contributed by atoms with Gasteiger partial charge in [-0.25, -0.2) is 0 Å². The van der Waals surface area contributed by atoms with Gasteiger partial charge in [-0.3, -0.25) is 9.59 Å². The fourth-order valence-corrected chi connectivity index (χ4v) is 5.20. The van der Waals surface area contributed by atoms with Gasteiger partial charge < -0.3 is 14.8 Å². The summed E-state index contributed by atoms with van der Waals surface area (Å²) in [4.78, 5) is 25.1. The van der Waals surface area contributed by atoms with Gasteiger partial charge in [0.1, 0.15) is 6.61 Å². The number of ether oxygens (including phenoxy) is 2. The van der Waals surface area contributed by atoms with E-state index in [1.165, 1.54) is 25.7 Å². The lowest BCUT2D eigenvalue weighted by molar-refractivity contribution is -0.158. The number of para-hydroxylation sites is 1. The van der Waals surface area contributed by atoms with Crippen molar-refractivity contribution in [3.63, 3.8) is 0 Å². The quantitative estimate of drug-likeness (QED) is 0.0464. The number of hydrogen-bond donors (Lipinski definition) is 1. The molecule has 278 valence electrons. The van der Waals surface area contributed by atoms with E-state index in [0.29, 0.717) is 19.4 Å². The van der Waals surface area contributed by atoms with Crippen LogP contribution in [0.2, 0.25) is 0 Å². The van der Waals surface area contributed by atoms with Gasteiger partial charge in [-0.05, 0) is 89.2 Å². The van der Waals surface area contributed by atoms with Crippen LogP contribution in [-0.4, -0.2) is 31.2 Å². The summed E-state index contributed by atoms with van der Waals surface area (Å²) < 4.78 is 11.3. The smallest absolute Gasteiger partial charge is 0.306 e. The molecule has 0 saturated carbocycles. The third-order valence-electron chi connectivity index (χ3n) is 8.10. The minimum absolute atomic E-state index is 0.0700. The Labute approximate surface area is 306 Å². The lowest BCUT2D eigenvalue weighted by Crippen LogP contribution is -2.31. The number of hydrogen-bond acceptors (Lipinski definition) is 5. The van der Waals surface area contributed by atoms with Crippen molar-refractivity contribution >= 4 is 17.6 Å². The first-order valence-electron chi connectivity index (χ1n) is 19.7. The SMILES string of the molecule is CC/C=C\C/C=C\C/C=C\CCCCCCCC(=O)OCC(CNc1ccccc1)OC(=O)CCCCCCC/C=C\C/C=C\C/C=C\CC. The fourth-order valence-electron chi connectivity index (χ4n) is 5.20. The van der Waals surface area contributed by atoms with Gasteiger partial charge in [0.2, 0.25) is 0 Å². The summed E-state index contributed by atoms with van der Waals surface area (Å²) in [5.74, 6) is -0.452. The van der Waals surface area contributed by atoms with Gasteiger partial charge in [0.05, 0.1) is 6.54 Å². The maximum absolute atomic E-state index is 12.7. The molecule has 1 N–H and O–H groups in total. The zero-order valence-electron chi connectivity index (χ0n) is 31.6. The Hall–Kier alpha value is -3.60. The molecule has 1 rings (SSSR count). The molecule has 5 heteroatoms. The number of nitrogens with one attached hydrogen (secondary N) is 1. The van der Waals surface area contributed by atoms with Crippen molar-refractivity contribution < 1.29 is 19.1 Å². The van der Waals surface area contributed by atoms with Crippen LogP contribution >= 0.6 is 0 Å². The largest absolute Gasteiger partial charge is 0.462 e. The molecule has 0 aromatic heterocycles. The lowest BCUT2D eigenvalue weighted by Gasteiger charge is -2.19. The van der Waals surface area contributed by atoms with Crippen molar-refractivity contribution in [1.29, 1.82) is 0 Å². The highest BCUT2D eigenvalue weighted by molar-refractivity contribution is 5.70. The van der Waals surface area contributed by atoms with Crippen LogP contribution in [0.15, 0.2) is 103 Å². The number of rotatable bonds is 32. The predicted molar refractivity (Wildman–Crippen MR) is 214 cm³/mol. The van der Waals surface area contributed by atoms with E-state index in [9.17, 15) is 9.59 Å². The Balaban J connectivity index is 2.20. The van der Waals surface area contributed by atoms with Gasteiger partial charge in [0, 0.05) is 18.5 Å². The van der Waals surface area contributed by atoms with Crippen molar-refractivity contribution in [2.75, 3.05) is 18.5 Å². The van der Waals surface area contributed by atoms with E-state index in [-0.39, 0.29) is 18.5 Å². The third kappa shape index (κ3) is 30.5. The Bertz CT molecular complexity index is 1120. The molecule has 5 nitrogen and oxygen atoms in total. The molecule has 0 saturated heterocycles. The van der Waals surface area contributed by atoms with Crippen LogP contribution < -0.4 is 5.32 Å². The standard InChI is InChI=1S/C45H69NO4/c1-3-5-7-9-11-13-15-17-19-21-23-25-27-29-34-38-44(47)49-41-43(40-46-42-36-32-31-33-37-42)50-45(48)39-35-30-28-26-24-22-20-18-16-14-12-10-8-6-4-2/h5-8,11-14,17-20,31-33,36-37,43,46H,3-4,9-10,15-16,21-30,34-35,38-41H2,1-2H3/b7-5-,8-6-,13-11-,14-12-,19-17-,20-18-. The van der Waals surface area contributed by atoms with Gasteiger partial charge in [0.15, 0.2) is 6.10 Å². The van der Waals surface area contributed by atoms with E-state index in [0.717, 1.165) is 95.6 Å². The summed E-state index contributed by atoms with van der Waals surface area (Å²) in [6.07, 6.45) is 46.0. The van der Waals surface area contributed by atoms with Crippen LogP contribution in [0, 0.1) is 0 Å².